The van der Waals surface area contributed by atoms with E-state index in [-0.39, 0.29) is 5.97 Å². The van der Waals surface area contributed by atoms with E-state index in [2.05, 4.69) is 34.1 Å². The predicted octanol–water partition coefficient (Wildman–Crippen LogP) is 4.40. The van der Waals surface area contributed by atoms with Crippen LogP contribution in [0.25, 0.3) is 23.1 Å². The van der Waals surface area contributed by atoms with Crippen LogP contribution in [0.3, 0.4) is 0 Å². The second kappa shape index (κ2) is 7.18. The lowest BCUT2D eigenvalue weighted by atomic mass is 10.1. The summed E-state index contributed by atoms with van der Waals surface area (Å²) in [7, 11) is 4.04. The number of para-hydroxylation sites is 1. The molecule has 0 fully saturated rings. The van der Waals surface area contributed by atoms with Gasteiger partial charge in [0.05, 0.1) is 5.69 Å². The van der Waals surface area contributed by atoms with E-state index >= 15 is 0 Å². The van der Waals surface area contributed by atoms with Gasteiger partial charge in [0, 0.05) is 32.1 Å². The van der Waals surface area contributed by atoms with Gasteiger partial charge in [-0.25, -0.2) is 4.98 Å². The van der Waals surface area contributed by atoms with Gasteiger partial charge < -0.3 is 9.64 Å². The summed E-state index contributed by atoms with van der Waals surface area (Å²) in [6.07, 6.45) is 3.97. The Kier molecular flexibility index (Phi) is 4.80. The average Bonchev–Trinajstić information content (AvgIpc) is 2.60. The van der Waals surface area contributed by atoms with Gasteiger partial charge in [0.2, 0.25) is 0 Å². The van der Waals surface area contributed by atoms with Crippen molar-refractivity contribution in [2.45, 2.75) is 6.92 Å². The van der Waals surface area contributed by atoms with E-state index in [0.717, 1.165) is 22.3 Å². The number of carbonyl (C=O) groups is 1. The number of esters is 1. The molecular weight excluding hydrogens is 312 g/mol. The number of rotatable bonds is 4. The fourth-order valence-electron chi connectivity index (χ4n) is 2.53. The molecule has 0 bridgehead atoms. The molecule has 0 aliphatic heterocycles. The number of pyridine rings is 1. The summed E-state index contributed by atoms with van der Waals surface area (Å²) in [4.78, 5) is 17.9. The van der Waals surface area contributed by atoms with Gasteiger partial charge >= 0.3 is 5.97 Å². The Morgan fingerprint density at radius 1 is 1.00 bits per heavy atom. The Bertz CT molecular complexity index is 928. The molecule has 0 atom stereocenters. The van der Waals surface area contributed by atoms with Gasteiger partial charge in [0.1, 0.15) is 5.52 Å². The lowest BCUT2D eigenvalue weighted by molar-refractivity contribution is -0.131. The van der Waals surface area contributed by atoms with Crippen LogP contribution in [0.1, 0.15) is 18.2 Å². The number of aromatic nitrogens is 1. The van der Waals surface area contributed by atoms with E-state index in [1.54, 1.807) is 6.07 Å². The fourth-order valence-corrected chi connectivity index (χ4v) is 2.53. The summed E-state index contributed by atoms with van der Waals surface area (Å²) in [5.74, 6) is 0.131. The highest BCUT2D eigenvalue weighted by atomic mass is 16.5. The van der Waals surface area contributed by atoms with E-state index in [4.69, 9.17) is 4.74 Å². The van der Waals surface area contributed by atoms with Crippen molar-refractivity contribution in [2.24, 2.45) is 0 Å². The highest BCUT2D eigenvalue weighted by molar-refractivity contribution is 5.88. The second-order valence-electron chi connectivity index (χ2n) is 5.98. The number of ether oxygens (including phenoxy) is 1. The van der Waals surface area contributed by atoms with E-state index in [9.17, 15) is 4.79 Å². The third kappa shape index (κ3) is 4.04. The monoisotopic (exact) mass is 332 g/mol. The van der Waals surface area contributed by atoms with Crippen LogP contribution in [-0.4, -0.2) is 25.0 Å². The summed E-state index contributed by atoms with van der Waals surface area (Å²) in [6, 6.07) is 17.8. The molecule has 0 amide bonds. The van der Waals surface area contributed by atoms with Crippen molar-refractivity contribution in [3.63, 3.8) is 0 Å². The van der Waals surface area contributed by atoms with Crippen LogP contribution in [0, 0.1) is 0 Å². The maximum Gasteiger partial charge on any atom is 0.308 e. The normalized spacial score (nSPS) is 11.0. The van der Waals surface area contributed by atoms with Gasteiger partial charge in [-0.05, 0) is 35.9 Å². The van der Waals surface area contributed by atoms with Crippen molar-refractivity contribution in [3.05, 3.63) is 65.9 Å². The summed E-state index contributed by atoms with van der Waals surface area (Å²) in [5.41, 5.74) is 3.75. The molecule has 0 saturated carbocycles. The van der Waals surface area contributed by atoms with Gasteiger partial charge in [0.25, 0.3) is 0 Å². The maximum atomic E-state index is 11.3. The number of hydrogen-bond donors (Lipinski definition) is 0. The molecule has 0 saturated heterocycles. The van der Waals surface area contributed by atoms with Crippen LogP contribution in [0.15, 0.2) is 54.6 Å². The molecule has 25 heavy (non-hydrogen) atoms. The Morgan fingerprint density at radius 2 is 1.76 bits per heavy atom. The first kappa shape index (κ1) is 16.7. The van der Waals surface area contributed by atoms with Crippen LogP contribution in [-0.2, 0) is 4.79 Å². The minimum absolute atomic E-state index is 0.351. The zero-order chi connectivity index (χ0) is 17.8. The average molecular weight is 332 g/mol. The number of hydrogen-bond acceptors (Lipinski definition) is 4. The van der Waals surface area contributed by atoms with Crippen LogP contribution in [0.5, 0.6) is 5.75 Å². The molecule has 0 radical (unpaired) electrons. The minimum Gasteiger partial charge on any atom is -0.424 e. The molecule has 126 valence electrons. The maximum absolute atomic E-state index is 11.3. The van der Waals surface area contributed by atoms with Crippen molar-refractivity contribution in [2.75, 3.05) is 19.0 Å². The molecule has 1 aromatic heterocycles. The van der Waals surface area contributed by atoms with Crippen LogP contribution >= 0.6 is 0 Å². The van der Waals surface area contributed by atoms with Crippen molar-refractivity contribution in [1.29, 1.82) is 0 Å². The molecule has 0 aliphatic carbocycles. The molecular formula is C21H20N2O2. The highest BCUT2D eigenvalue weighted by Gasteiger charge is 2.06. The zero-order valence-corrected chi connectivity index (χ0v) is 14.6. The number of anilines is 1. The van der Waals surface area contributed by atoms with Crippen molar-refractivity contribution < 1.29 is 9.53 Å². The molecule has 4 heteroatoms. The molecule has 3 aromatic rings. The summed E-state index contributed by atoms with van der Waals surface area (Å²) in [6.45, 7) is 1.39. The second-order valence-corrected chi connectivity index (χ2v) is 5.98. The molecule has 0 aliphatic rings. The molecule has 4 nitrogen and oxygen atoms in total. The quantitative estimate of drug-likeness (QED) is 0.525. The molecule has 0 N–H and O–H groups in total. The number of carbonyl (C=O) groups excluding carboxylic acids is 1. The molecule has 1 heterocycles. The summed E-state index contributed by atoms with van der Waals surface area (Å²) >= 11 is 0. The topological polar surface area (TPSA) is 42.4 Å². The zero-order valence-electron chi connectivity index (χ0n) is 14.6. The predicted molar refractivity (Wildman–Crippen MR) is 103 cm³/mol. The van der Waals surface area contributed by atoms with Crippen molar-refractivity contribution in [1.82, 2.24) is 4.98 Å². The Labute approximate surface area is 147 Å². The first-order chi connectivity index (χ1) is 12.0. The molecule has 0 spiro atoms. The van der Waals surface area contributed by atoms with Crippen LogP contribution < -0.4 is 9.64 Å². The third-order valence-corrected chi connectivity index (χ3v) is 3.81. The molecule has 3 rings (SSSR count). The van der Waals surface area contributed by atoms with E-state index in [1.165, 1.54) is 6.92 Å². The SMILES string of the molecule is CC(=O)Oc1cccc2ccc(C=Cc3ccc(N(C)C)cc3)nc12. The van der Waals surface area contributed by atoms with Crippen molar-refractivity contribution >= 4 is 34.7 Å². The number of benzene rings is 2. The number of nitrogens with zero attached hydrogens (tertiary/aromatic N) is 2. The van der Waals surface area contributed by atoms with Gasteiger partial charge in [-0.15, -0.1) is 0 Å². The first-order valence-corrected chi connectivity index (χ1v) is 8.06. The molecule has 2 aromatic carbocycles. The van der Waals surface area contributed by atoms with E-state index in [1.807, 2.05) is 50.5 Å². The Morgan fingerprint density at radius 3 is 2.44 bits per heavy atom. The van der Waals surface area contributed by atoms with Gasteiger partial charge in [-0.1, -0.05) is 36.4 Å². The van der Waals surface area contributed by atoms with Crippen LogP contribution in [0.4, 0.5) is 5.69 Å². The van der Waals surface area contributed by atoms with Gasteiger partial charge in [0.15, 0.2) is 5.75 Å². The first-order valence-electron chi connectivity index (χ1n) is 8.06. The Balaban J connectivity index is 1.89. The largest absolute Gasteiger partial charge is 0.424 e. The molecule has 0 unspecified atom stereocenters. The van der Waals surface area contributed by atoms with Gasteiger partial charge in [-0.3, -0.25) is 4.79 Å². The fraction of sp³-hybridized carbons (Fsp3) is 0.143. The summed E-state index contributed by atoms with van der Waals surface area (Å²) in [5, 5.41) is 0.936. The standard InChI is InChI=1S/C21H20N2O2/c1-15(24)25-20-6-4-5-17-10-12-18(22-21(17)20)11-7-16-8-13-19(14-9-16)23(2)3/h4-14H,1-3H3. The third-order valence-electron chi connectivity index (χ3n) is 3.81. The van der Waals surface area contributed by atoms with Crippen LogP contribution in [0.2, 0.25) is 0 Å². The van der Waals surface area contributed by atoms with E-state index < -0.39 is 0 Å². The lowest BCUT2D eigenvalue weighted by Gasteiger charge is -2.11. The lowest BCUT2D eigenvalue weighted by Crippen LogP contribution is -2.07. The number of fused-ring (bicyclic) bond motifs is 1. The van der Waals surface area contributed by atoms with Gasteiger partial charge in [-0.2, -0.15) is 0 Å². The highest BCUT2D eigenvalue weighted by Crippen LogP contribution is 2.24. The Hall–Kier alpha value is -3.14. The smallest absolute Gasteiger partial charge is 0.308 e. The minimum atomic E-state index is -0.351. The van der Waals surface area contributed by atoms with E-state index in [0.29, 0.717) is 11.3 Å². The summed E-state index contributed by atoms with van der Waals surface area (Å²) < 4.78 is 5.25. The van der Waals surface area contributed by atoms with Crippen molar-refractivity contribution in [3.8, 4) is 5.75 Å².